The largest absolute Gasteiger partial charge is 0.341 e. The van der Waals surface area contributed by atoms with Gasteiger partial charge in [-0.2, -0.15) is 5.26 Å². The highest BCUT2D eigenvalue weighted by atomic mass is 16.1. The highest BCUT2D eigenvalue weighted by molar-refractivity contribution is 6.03. The second kappa shape index (κ2) is 7.75. The Balaban J connectivity index is 1.78. The third-order valence-electron chi connectivity index (χ3n) is 4.24. The second-order valence-electron chi connectivity index (χ2n) is 6.24. The topological polar surface area (TPSA) is 81.9 Å². The van der Waals surface area contributed by atoms with E-state index < -0.39 is 0 Å². The van der Waals surface area contributed by atoms with E-state index in [1.54, 1.807) is 30.3 Å². The van der Waals surface area contributed by atoms with Gasteiger partial charge in [0.25, 0.3) is 5.91 Å². The van der Waals surface area contributed by atoms with E-state index in [0.717, 1.165) is 31.6 Å². The molecule has 1 fully saturated rings. The summed E-state index contributed by atoms with van der Waals surface area (Å²) in [5.74, 6) is 0.359. The van der Waals surface area contributed by atoms with Crippen LogP contribution in [0.3, 0.4) is 0 Å². The molecule has 1 aliphatic rings. The number of aromatic nitrogens is 2. The first-order chi connectivity index (χ1) is 12.2. The Morgan fingerprint density at radius 2 is 1.80 bits per heavy atom. The minimum Gasteiger partial charge on any atom is -0.341 e. The summed E-state index contributed by atoms with van der Waals surface area (Å²) < 4.78 is 0. The summed E-state index contributed by atoms with van der Waals surface area (Å²) in [6, 6.07) is 10.5. The lowest BCUT2D eigenvalue weighted by Gasteiger charge is -2.21. The molecule has 2 heterocycles. The fourth-order valence-corrected chi connectivity index (χ4v) is 2.90. The number of nitriles is 1. The van der Waals surface area contributed by atoms with Crippen LogP contribution in [-0.4, -0.2) is 29.0 Å². The van der Waals surface area contributed by atoms with Crippen LogP contribution >= 0.6 is 0 Å². The standard InChI is InChI=1S/C19H21N5O/c1-14-12-17(18(25)22-16-8-6-15(13-20)7-9-16)23-19(21-14)24-10-4-2-3-5-11-24/h6-9,12H,2-5,10-11H2,1H3,(H,22,25). The lowest BCUT2D eigenvalue weighted by molar-refractivity contribution is 0.102. The summed E-state index contributed by atoms with van der Waals surface area (Å²) in [5.41, 5.74) is 2.33. The van der Waals surface area contributed by atoms with Gasteiger partial charge in [0.15, 0.2) is 0 Å². The minimum atomic E-state index is -0.272. The van der Waals surface area contributed by atoms with E-state index in [0.29, 0.717) is 22.9 Å². The number of carbonyl (C=O) groups excluding carboxylic acids is 1. The van der Waals surface area contributed by atoms with Gasteiger partial charge < -0.3 is 10.2 Å². The maximum atomic E-state index is 12.5. The second-order valence-corrected chi connectivity index (χ2v) is 6.24. The van der Waals surface area contributed by atoms with Crippen molar-refractivity contribution in [2.24, 2.45) is 0 Å². The molecule has 1 saturated heterocycles. The Bertz CT molecular complexity index is 786. The van der Waals surface area contributed by atoms with Crippen LogP contribution < -0.4 is 10.2 Å². The predicted molar refractivity (Wildman–Crippen MR) is 96.6 cm³/mol. The van der Waals surface area contributed by atoms with Crippen LogP contribution in [0.25, 0.3) is 0 Å². The quantitative estimate of drug-likeness (QED) is 0.931. The van der Waals surface area contributed by atoms with E-state index in [4.69, 9.17) is 5.26 Å². The molecule has 128 valence electrons. The van der Waals surface area contributed by atoms with Crippen LogP contribution in [0.4, 0.5) is 11.6 Å². The summed E-state index contributed by atoms with van der Waals surface area (Å²) >= 11 is 0. The van der Waals surface area contributed by atoms with Gasteiger partial charge in [0, 0.05) is 24.5 Å². The molecule has 6 nitrogen and oxygen atoms in total. The zero-order chi connectivity index (χ0) is 17.6. The Labute approximate surface area is 147 Å². The van der Waals surface area contributed by atoms with Crippen molar-refractivity contribution in [2.75, 3.05) is 23.3 Å². The number of aryl methyl sites for hydroxylation is 1. The number of rotatable bonds is 3. The third kappa shape index (κ3) is 4.32. The Hall–Kier alpha value is -2.94. The van der Waals surface area contributed by atoms with Crippen LogP contribution in [0.1, 0.15) is 47.4 Å². The first-order valence-electron chi connectivity index (χ1n) is 8.58. The molecule has 0 unspecified atom stereocenters. The Kier molecular flexibility index (Phi) is 5.24. The number of anilines is 2. The lowest BCUT2D eigenvalue weighted by Crippen LogP contribution is -2.27. The van der Waals surface area contributed by atoms with Gasteiger partial charge in [-0.1, -0.05) is 12.8 Å². The van der Waals surface area contributed by atoms with E-state index in [1.165, 1.54) is 12.8 Å². The SMILES string of the molecule is Cc1cc(C(=O)Nc2ccc(C#N)cc2)nc(N2CCCCCC2)n1. The van der Waals surface area contributed by atoms with Crippen LogP contribution in [0.5, 0.6) is 0 Å². The zero-order valence-corrected chi connectivity index (χ0v) is 14.3. The van der Waals surface area contributed by atoms with E-state index in [-0.39, 0.29) is 5.91 Å². The van der Waals surface area contributed by atoms with Gasteiger partial charge in [0.05, 0.1) is 11.6 Å². The van der Waals surface area contributed by atoms with Crippen molar-refractivity contribution < 1.29 is 4.79 Å². The molecule has 3 rings (SSSR count). The van der Waals surface area contributed by atoms with E-state index in [2.05, 4.69) is 26.3 Å². The van der Waals surface area contributed by atoms with E-state index in [1.807, 2.05) is 6.92 Å². The molecule has 0 radical (unpaired) electrons. The van der Waals surface area contributed by atoms with Gasteiger partial charge in [0.1, 0.15) is 5.69 Å². The average molecular weight is 335 g/mol. The summed E-state index contributed by atoms with van der Waals surface area (Å²) in [6.07, 6.45) is 4.72. The molecule has 1 aliphatic heterocycles. The van der Waals surface area contributed by atoms with E-state index in [9.17, 15) is 4.79 Å². The minimum absolute atomic E-state index is 0.272. The maximum absolute atomic E-state index is 12.5. The molecule has 0 atom stereocenters. The fourth-order valence-electron chi connectivity index (χ4n) is 2.90. The lowest BCUT2D eigenvalue weighted by atomic mass is 10.2. The summed E-state index contributed by atoms with van der Waals surface area (Å²) in [6.45, 7) is 3.74. The van der Waals surface area contributed by atoms with Crippen molar-refractivity contribution in [2.45, 2.75) is 32.6 Å². The van der Waals surface area contributed by atoms with Gasteiger partial charge in [-0.25, -0.2) is 9.97 Å². The number of hydrogen-bond donors (Lipinski definition) is 1. The molecule has 25 heavy (non-hydrogen) atoms. The summed E-state index contributed by atoms with van der Waals surface area (Å²) in [5, 5.41) is 11.7. The third-order valence-corrected chi connectivity index (χ3v) is 4.24. The zero-order valence-electron chi connectivity index (χ0n) is 14.3. The molecule has 0 bridgehead atoms. The fraction of sp³-hybridized carbons (Fsp3) is 0.368. The molecule has 1 amide bonds. The molecule has 0 aliphatic carbocycles. The Morgan fingerprint density at radius 3 is 2.44 bits per heavy atom. The van der Waals surface area contributed by atoms with Gasteiger partial charge in [-0.05, 0) is 50.1 Å². The highest BCUT2D eigenvalue weighted by Crippen LogP contribution is 2.17. The van der Waals surface area contributed by atoms with Crippen molar-refractivity contribution in [3.05, 3.63) is 47.3 Å². The molecule has 0 saturated carbocycles. The van der Waals surface area contributed by atoms with Gasteiger partial charge in [0.2, 0.25) is 5.95 Å². The van der Waals surface area contributed by atoms with Gasteiger partial charge in [-0.15, -0.1) is 0 Å². The number of hydrogen-bond acceptors (Lipinski definition) is 5. The first-order valence-corrected chi connectivity index (χ1v) is 8.58. The van der Waals surface area contributed by atoms with Crippen LogP contribution in [-0.2, 0) is 0 Å². The summed E-state index contributed by atoms with van der Waals surface area (Å²) in [4.78, 5) is 23.7. The van der Waals surface area contributed by atoms with Crippen molar-refractivity contribution in [1.29, 1.82) is 5.26 Å². The molecule has 1 N–H and O–H groups in total. The van der Waals surface area contributed by atoms with E-state index >= 15 is 0 Å². The number of carbonyl (C=O) groups is 1. The van der Waals surface area contributed by atoms with Crippen LogP contribution in [0, 0.1) is 18.3 Å². The smallest absolute Gasteiger partial charge is 0.274 e. The molecule has 2 aromatic rings. The van der Waals surface area contributed by atoms with Crippen LogP contribution in [0.15, 0.2) is 30.3 Å². The monoisotopic (exact) mass is 335 g/mol. The molecule has 1 aromatic heterocycles. The number of nitrogens with zero attached hydrogens (tertiary/aromatic N) is 4. The Morgan fingerprint density at radius 1 is 1.12 bits per heavy atom. The van der Waals surface area contributed by atoms with Crippen molar-refractivity contribution in [3.8, 4) is 6.07 Å². The molecule has 1 aromatic carbocycles. The van der Waals surface area contributed by atoms with Crippen molar-refractivity contribution >= 4 is 17.5 Å². The number of benzene rings is 1. The first kappa shape index (κ1) is 16.9. The van der Waals surface area contributed by atoms with Crippen LogP contribution in [0.2, 0.25) is 0 Å². The highest BCUT2D eigenvalue weighted by Gasteiger charge is 2.16. The molecular formula is C19H21N5O. The molecule has 6 heteroatoms. The molecule has 0 spiro atoms. The predicted octanol–water partition coefficient (Wildman–Crippen LogP) is 3.29. The maximum Gasteiger partial charge on any atom is 0.274 e. The van der Waals surface area contributed by atoms with Crippen molar-refractivity contribution in [1.82, 2.24) is 9.97 Å². The van der Waals surface area contributed by atoms with Gasteiger partial charge >= 0.3 is 0 Å². The number of nitrogens with one attached hydrogen (secondary N) is 1. The van der Waals surface area contributed by atoms with Crippen molar-refractivity contribution in [3.63, 3.8) is 0 Å². The van der Waals surface area contributed by atoms with Gasteiger partial charge in [-0.3, -0.25) is 4.79 Å². The normalized spacial score (nSPS) is 14.5. The average Bonchev–Trinajstić information content (AvgIpc) is 2.91. The summed E-state index contributed by atoms with van der Waals surface area (Å²) in [7, 11) is 0. The molecular weight excluding hydrogens is 314 g/mol. The number of amides is 1.